The number of nitrogens with zero attached hydrogens (tertiary/aromatic N) is 1. The van der Waals surface area contributed by atoms with Crippen molar-refractivity contribution in [1.82, 2.24) is 4.90 Å². The Balaban J connectivity index is 1.74. The van der Waals surface area contributed by atoms with Gasteiger partial charge in [-0.15, -0.1) is 0 Å². The molecule has 1 aliphatic heterocycles. The predicted molar refractivity (Wildman–Crippen MR) is 113 cm³/mol. The molecule has 1 saturated heterocycles. The minimum atomic E-state index is -0.624. The fourth-order valence-electron chi connectivity index (χ4n) is 2.50. The summed E-state index contributed by atoms with van der Waals surface area (Å²) < 4.78 is 10.9. The number of furan rings is 1. The predicted octanol–water partition coefficient (Wildman–Crippen LogP) is 5.63. The minimum absolute atomic E-state index is 0.162. The van der Waals surface area contributed by atoms with E-state index >= 15 is 0 Å². The van der Waals surface area contributed by atoms with E-state index in [1.807, 2.05) is 6.92 Å². The molecular weight excluding hydrogens is 437 g/mol. The summed E-state index contributed by atoms with van der Waals surface area (Å²) in [5, 5.41) is 0.402. The summed E-state index contributed by atoms with van der Waals surface area (Å²) >= 11 is 12.8. The summed E-state index contributed by atoms with van der Waals surface area (Å²) in [6.45, 7) is 3.19. The first-order valence-corrected chi connectivity index (χ1v) is 10.4. The molecule has 3 rings (SSSR count). The van der Waals surface area contributed by atoms with Crippen LogP contribution in [-0.4, -0.2) is 34.7 Å². The number of hydrogen-bond acceptors (Lipinski definition) is 6. The third-order valence-corrected chi connectivity index (χ3v) is 5.62. The summed E-state index contributed by atoms with van der Waals surface area (Å²) in [7, 11) is 0. The van der Waals surface area contributed by atoms with Crippen molar-refractivity contribution in [3.05, 3.63) is 51.0 Å². The minimum Gasteiger partial charge on any atom is -0.461 e. The van der Waals surface area contributed by atoms with Gasteiger partial charge in [-0.2, -0.15) is 0 Å². The molecule has 0 aliphatic carbocycles. The van der Waals surface area contributed by atoms with Crippen LogP contribution in [0.25, 0.3) is 17.4 Å². The largest absolute Gasteiger partial charge is 0.461 e. The number of hydrogen-bond donors (Lipinski definition) is 0. The normalized spacial score (nSPS) is 16.6. The SMILES string of the molecule is CC[C@H](C)OC(=O)CN1C(=O)S/C(=C/c2ccc(-c3ccc(Cl)cc3Cl)o2)C1=O. The molecule has 6 nitrogen and oxygen atoms in total. The highest BCUT2D eigenvalue weighted by atomic mass is 35.5. The Bertz CT molecular complexity index is 1000. The summed E-state index contributed by atoms with van der Waals surface area (Å²) in [6.07, 6.45) is 1.82. The van der Waals surface area contributed by atoms with Crippen molar-refractivity contribution in [3.8, 4) is 11.3 Å². The van der Waals surface area contributed by atoms with Crippen LogP contribution in [0.5, 0.6) is 0 Å². The van der Waals surface area contributed by atoms with Gasteiger partial charge in [-0.05, 0) is 55.4 Å². The smallest absolute Gasteiger partial charge is 0.326 e. The van der Waals surface area contributed by atoms with Gasteiger partial charge in [0.15, 0.2) is 0 Å². The lowest BCUT2D eigenvalue weighted by molar-refractivity contribution is -0.150. The van der Waals surface area contributed by atoms with Crippen LogP contribution < -0.4 is 0 Å². The number of rotatable bonds is 6. The van der Waals surface area contributed by atoms with Gasteiger partial charge in [0.05, 0.1) is 16.0 Å². The van der Waals surface area contributed by atoms with Crippen LogP contribution in [0.15, 0.2) is 39.7 Å². The molecule has 152 valence electrons. The monoisotopic (exact) mass is 453 g/mol. The Labute approximate surface area is 181 Å². The van der Waals surface area contributed by atoms with Gasteiger partial charge in [-0.1, -0.05) is 30.1 Å². The molecule has 29 heavy (non-hydrogen) atoms. The van der Waals surface area contributed by atoms with Crippen molar-refractivity contribution >= 4 is 58.2 Å². The zero-order valence-electron chi connectivity index (χ0n) is 15.6. The summed E-state index contributed by atoms with van der Waals surface area (Å²) in [5.74, 6) is -0.322. The highest BCUT2D eigenvalue weighted by Crippen LogP contribution is 2.35. The van der Waals surface area contributed by atoms with Gasteiger partial charge in [0, 0.05) is 16.7 Å². The van der Waals surface area contributed by atoms with Crippen LogP contribution in [0.3, 0.4) is 0 Å². The van der Waals surface area contributed by atoms with Crippen LogP contribution in [0.1, 0.15) is 26.0 Å². The van der Waals surface area contributed by atoms with E-state index < -0.39 is 23.7 Å². The van der Waals surface area contributed by atoms with Crippen molar-refractivity contribution in [3.63, 3.8) is 0 Å². The lowest BCUT2D eigenvalue weighted by Gasteiger charge is -2.14. The van der Waals surface area contributed by atoms with E-state index in [4.69, 9.17) is 32.4 Å². The first-order chi connectivity index (χ1) is 13.8. The second kappa shape index (κ2) is 9.07. The van der Waals surface area contributed by atoms with E-state index in [1.54, 1.807) is 37.3 Å². The Morgan fingerprint density at radius 1 is 1.28 bits per heavy atom. The van der Waals surface area contributed by atoms with E-state index in [0.29, 0.717) is 33.6 Å². The van der Waals surface area contributed by atoms with E-state index in [9.17, 15) is 14.4 Å². The lowest BCUT2D eigenvalue weighted by Crippen LogP contribution is -2.35. The van der Waals surface area contributed by atoms with Crippen LogP contribution in [0.2, 0.25) is 10.0 Å². The van der Waals surface area contributed by atoms with Crippen molar-refractivity contribution in [1.29, 1.82) is 0 Å². The van der Waals surface area contributed by atoms with Crippen molar-refractivity contribution in [2.75, 3.05) is 6.54 Å². The molecule has 1 aromatic carbocycles. The number of amides is 2. The zero-order valence-corrected chi connectivity index (χ0v) is 17.9. The van der Waals surface area contributed by atoms with Crippen molar-refractivity contribution in [2.24, 2.45) is 0 Å². The van der Waals surface area contributed by atoms with E-state index in [2.05, 4.69) is 0 Å². The fourth-order valence-corrected chi connectivity index (χ4v) is 3.82. The maximum absolute atomic E-state index is 12.5. The molecule has 1 aliphatic rings. The first-order valence-electron chi connectivity index (χ1n) is 8.78. The first kappa shape index (κ1) is 21.5. The molecule has 1 aromatic heterocycles. The number of thioether (sulfide) groups is 1. The molecule has 0 spiro atoms. The van der Waals surface area contributed by atoms with Crippen molar-refractivity contribution in [2.45, 2.75) is 26.4 Å². The van der Waals surface area contributed by atoms with Gasteiger partial charge in [-0.3, -0.25) is 19.3 Å². The topological polar surface area (TPSA) is 76.8 Å². The molecule has 9 heteroatoms. The highest BCUT2D eigenvalue weighted by molar-refractivity contribution is 8.18. The molecule has 2 amide bonds. The molecule has 0 unspecified atom stereocenters. The maximum Gasteiger partial charge on any atom is 0.326 e. The standard InChI is InChI=1S/C20H17Cl2NO5S/c1-3-11(2)27-18(24)10-23-19(25)17(29-20(23)26)9-13-5-7-16(28-13)14-6-4-12(21)8-15(14)22/h4-9,11H,3,10H2,1-2H3/b17-9+/t11-/m0/s1. The number of imide groups is 1. The van der Waals surface area contributed by atoms with Crippen molar-refractivity contribution < 1.29 is 23.5 Å². The van der Waals surface area contributed by atoms with Gasteiger partial charge >= 0.3 is 5.97 Å². The summed E-state index contributed by atoms with van der Waals surface area (Å²) in [6, 6.07) is 8.38. The Morgan fingerprint density at radius 2 is 2.03 bits per heavy atom. The molecule has 0 bridgehead atoms. The maximum atomic E-state index is 12.5. The van der Waals surface area contributed by atoms with Gasteiger partial charge < -0.3 is 9.15 Å². The van der Waals surface area contributed by atoms with Gasteiger partial charge in [0.25, 0.3) is 11.1 Å². The lowest BCUT2D eigenvalue weighted by atomic mass is 10.2. The van der Waals surface area contributed by atoms with Crippen LogP contribution in [0.4, 0.5) is 4.79 Å². The Hall–Kier alpha value is -2.22. The second-order valence-electron chi connectivity index (χ2n) is 6.30. The van der Waals surface area contributed by atoms with Crippen LogP contribution >= 0.6 is 35.0 Å². The van der Waals surface area contributed by atoms with E-state index in [1.165, 1.54) is 6.08 Å². The van der Waals surface area contributed by atoms with E-state index in [0.717, 1.165) is 16.7 Å². The Morgan fingerprint density at radius 3 is 2.72 bits per heavy atom. The number of halogens is 2. The zero-order chi connectivity index (χ0) is 21.1. The molecule has 0 N–H and O–H groups in total. The van der Waals surface area contributed by atoms with Gasteiger partial charge in [-0.25, -0.2) is 0 Å². The summed E-state index contributed by atoms with van der Waals surface area (Å²) in [5.41, 5.74) is 0.650. The summed E-state index contributed by atoms with van der Waals surface area (Å²) in [4.78, 5) is 37.6. The molecule has 2 heterocycles. The van der Waals surface area contributed by atoms with Gasteiger partial charge in [0.2, 0.25) is 0 Å². The Kier molecular flexibility index (Phi) is 6.72. The van der Waals surface area contributed by atoms with Crippen LogP contribution in [0, 0.1) is 0 Å². The highest BCUT2D eigenvalue weighted by Gasteiger charge is 2.37. The average molecular weight is 454 g/mol. The number of ether oxygens (including phenoxy) is 1. The number of carbonyl (C=O) groups excluding carboxylic acids is 3. The van der Waals surface area contributed by atoms with Gasteiger partial charge in [0.1, 0.15) is 18.1 Å². The number of benzene rings is 1. The third kappa shape index (κ3) is 5.04. The average Bonchev–Trinajstić information content (AvgIpc) is 3.22. The number of esters is 1. The van der Waals surface area contributed by atoms with E-state index in [-0.39, 0.29) is 11.0 Å². The molecule has 2 aromatic rings. The molecule has 1 atom stereocenters. The number of carbonyl (C=O) groups is 3. The molecule has 1 fully saturated rings. The third-order valence-electron chi connectivity index (χ3n) is 4.17. The molecule has 0 saturated carbocycles. The van der Waals surface area contributed by atoms with Crippen LogP contribution in [-0.2, 0) is 14.3 Å². The second-order valence-corrected chi connectivity index (χ2v) is 8.14. The molecular formula is C20H17Cl2NO5S. The molecule has 0 radical (unpaired) electrons. The quantitative estimate of drug-likeness (QED) is 0.416. The fraction of sp³-hybridized carbons (Fsp3) is 0.250.